The van der Waals surface area contributed by atoms with Crippen LogP contribution in [0.3, 0.4) is 0 Å². The van der Waals surface area contributed by atoms with E-state index in [0.29, 0.717) is 41.4 Å². The summed E-state index contributed by atoms with van der Waals surface area (Å²) in [5.41, 5.74) is 7.65. The molecule has 1 aliphatic heterocycles. The number of nitrogens with zero attached hydrogens (tertiary/aromatic N) is 5. The number of ether oxygens (including phenoxy) is 1. The second-order valence-electron chi connectivity index (χ2n) is 8.92. The van der Waals surface area contributed by atoms with Gasteiger partial charge in [0, 0.05) is 36.8 Å². The van der Waals surface area contributed by atoms with Gasteiger partial charge in [-0.05, 0) is 50.1 Å². The Morgan fingerprint density at radius 3 is 2.47 bits per heavy atom. The van der Waals surface area contributed by atoms with Crippen molar-refractivity contribution in [3.05, 3.63) is 54.2 Å². The number of fused-ring (bicyclic) bond motifs is 2. The molecule has 1 aromatic carbocycles. The molecule has 0 amide bonds. The van der Waals surface area contributed by atoms with Gasteiger partial charge in [0.05, 0.1) is 11.6 Å². The van der Waals surface area contributed by atoms with E-state index in [1.54, 1.807) is 16.5 Å². The lowest BCUT2D eigenvalue weighted by Crippen LogP contribution is -2.38. The number of nitrogens with two attached hydrogens (primary N) is 1. The van der Waals surface area contributed by atoms with Crippen LogP contribution < -0.4 is 10.5 Å². The van der Waals surface area contributed by atoms with Crippen LogP contribution in [0.25, 0.3) is 28.1 Å². The minimum atomic E-state index is -4.44. The molecule has 3 aromatic heterocycles. The second kappa shape index (κ2) is 10.8. The third kappa shape index (κ3) is 5.51. The van der Waals surface area contributed by atoms with E-state index in [9.17, 15) is 13.2 Å². The van der Waals surface area contributed by atoms with Crippen molar-refractivity contribution in [3.63, 3.8) is 0 Å². The first-order chi connectivity index (χ1) is 16.2. The third-order valence-electron chi connectivity index (χ3n) is 5.94. The molecule has 2 atom stereocenters. The van der Waals surface area contributed by atoms with Crippen molar-refractivity contribution < 1.29 is 17.9 Å². The molecule has 2 N–H and O–H groups in total. The molecular formula is C24H27Cl2F3N6O. The van der Waals surface area contributed by atoms with E-state index >= 15 is 0 Å². The zero-order valence-electron chi connectivity index (χ0n) is 19.6. The molecule has 0 spiro atoms. The standard InChI is InChI=1S/C24H25F3N6O.2ClH/c1-14(2)34-18-6-3-15-4-7-19(29-20(15)11-18)23-31-30-21-8-5-16(12-33(21)23)22(24(25,26)27)32-10-9-17(28)13-32;;/h3-8,11-12,14,17,22H,9-10,13,28H2,1-2H3;2*1H/t17?,22-;;/m1../s1. The summed E-state index contributed by atoms with van der Waals surface area (Å²) in [6.45, 7) is 4.38. The molecule has 1 unspecified atom stereocenters. The second-order valence-corrected chi connectivity index (χ2v) is 8.92. The van der Waals surface area contributed by atoms with Crippen molar-refractivity contribution in [3.8, 4) is 17.3 Å². The summed E-state index contributed by atoms with van der Waals surface area (Å²) in [4.78, 5) is 6.08. The van der Waals surface area contributed by atoms with Gasteiger partial charge in [-0.2, -0.15) is 13.2 Å². The molecule has 0 radical (unpaired) electrons. The first-order valence-electron chi connectivity index (χ1n) is 11.2. The number of hydrogen-bond acceptors (Lipinski definition) is 6. The Balaban J connectivity index is 0.00000180. The molecule has 0 aliphatic carbocycles. The van der Waals surface area contributed by atoms with Crippen molar-refractivity contribution >= 4 is 41.4 Å². The first kappa shape index (κ1) is 27.9. The van der Waals surface area contributed by atoms with Gasteiger partial charge in [-0.3, -0.25) is 9.30 Å². The van der Waals surface area contributed by atoms with Gasteiger partial charge < -0.3 is 10.5 Å². The van der Waals surface area contributed by atoms with Gasteiger partial charge in [-0.25, -0.2) is 4.98 Å². The van der Waals surface area contributed by atoms with Crippen molar-refractivity contribution in [2.75, 3.05) is 13.1 Å². The van der Waals surface area contributed by atoms with Crippen LogP contribution in [-0.2, 0) is 0 Å². The summed E-state index contributed by atoms with van der Waals surface area (Å²) < 4.78 is 49.6. The van der Waals surface area contributed by atoms with Gasteiger partial charge >= 0.3 is 6.18 Å². The van der Waals surface area contributed by atoms with Crippen LogP contribution in [0.4, 0.5) is 13.2 Å². The van der Waals surface area contributed by atoms with Crippen molar-refractivity contribution in [1.29, 1.82) is 0 Å². The molecule has 1 aliphatic rings. The lowest BCUT2D eigenvalue weighted by molar-refractivity contribution is -0.183. The van der Waals surface area contributed by atoms with Crippen LogP contribution in [0.5, 0.6) is 5.75 Å². The maximum atomic E-state index is 14.1. The van der Waals surface area contributed by atoms with Gasteiger partial charge in [0.1, 0.15) is 17.5 Å². The number of rotatable bonds is 5. The Bertz CT molecular complexity index is 1350. The fourth-order valence-corrected chi connectivity index (χ4v) is 4.47. The molecule has 0 saturated carbocycles. The van der Waals surface area contributed by atoms with Crippen LogP contribution in [0.15, 0.2) is 48.7 Å². The third-order valence-corrected chi connectivity index (χ3v) is 5.94. The first-order valence-corrected chi connectivity index (χ1v) is 11.2. The number of halogens is 5. The lowest BCUT2D eigenvalue weighted by Gasteiger charge is -2.30. The normalized spacial score (nSPS) is 17.2. The average Bonchev–Trinajstić information content (AvgIpc) is 3.38. The molecule has 194 valence electrons. The summed E-state index contributed by atoms with van der Waals surface area (Å²) in [6, 6.07) is 10.3. The highest BCUT2D eigenvalue weighted by Crippen LogP contribution is 2.39. The van der Waals surface area contributed by atoms with Crippen molar-refractivity contribution in [1.82, 2.24) is 24.5 Å². The highest BCUT2D eigenvalue weighted by Gasteiger charge is 2.46. The Hall–Kier alpha value is -2.66. The number of aromatic nitrogens is 4. The van der Waals surface area contributed by atoms with Gasteiger partial charge in [0.15, 0.2) is 11.5 Å². The number of alkyl halides is 3. The maximum Gasteiger partial charge on any atom is 0.408 e. The fraction of sp³-hybridized carbons (Fsp3) is 0.375. The van der Waals surface area contributed by atoms with Crippen molar-refractivity contribution in [2.45, 2.75) is 44.6 Å². The molecule has 36 heavy (non-hydrogen) atoms. The highest BCUT2D eigenvalue weighted by atomic mass is 35.5. The number of likely N-dealkylation sites (tertiary alicyclic amines) is 1. The Labute approximate surface area is 218 Å². The molecule has 0 bridgehead atoms. The molecule has 1 fully saturated rings. The number of hydrogen-bond donors (Lipinski definition) is 1. The molecular weight excluding hydrogens is 516 g/mol. The van der Waals surface area contributed by atoms with Crippen LogP contribution in [0, 0.1) is 0 Å². The van der Waals surface area contributed by atoms with E-state index in [0.717, 1.165) is 5.39 Å². The smallest absolute Gasteiger partial charge is 0.408 e. The lowest BCUT2D eigenvalue weighted by atomic mass is 10.1. The summed E-state index contributed by atoms with van der Waals surface area (Å²) in [7, 11) is 0. The Morgan fingerprint density at radius 1 is 1.06 bits per heavy atom. The predicted octanol–water partition coefficient (Wildman–Crippen LogP) is 5.21. The van der Waals surface area contributed by atoms with Crippen LogP contribution >= 0.6 is 24.8 Å². The predicted molar refractivity (Wildman–Crippen MR) is 137 cm³/mol. The SMILES string of the molecule is CC(C)Oc1ccc2ccc(-c3nnc4ccc([C@@H](N5CCC(N)C5)C(F)(F)F)cn34)nc2c1.Cl.Cl. The van der Waals surface area contributed by atoms with Gasteiger partial charge in [0.25, 0.3) is 0 Å². The molecule has 4 aromatic rings. The summed E-state index contributed by atoms with van der Waals surface area (Å²) in [6.07, 6.45) is -2.43. The topological polar surface area (TPSA) is 81.6 Å². The van der Waals surface area contributed by atoms with E-state index in [1.807, 2.05) is 38.1 Å². The van der Waals surface area contributed by atoms with E-state index in [-0.39, 0.29) is 49.1 Å². The van der Waals surface area contributed by atoms with Crippen LogP contribution in [-0.4, -0.2) is 55.9 Å². The largest absolute Gasteiger partial charge is 0.491 e. The fourth-order valence-electron chi connectivity index (χ4n) is 4.47. The van der Waals surface area contributed by atoms with E-state index in [2.05, 4.69) is 10.2 Å². The summed E-state index contributed by atoms with van der Waals surface area (Å²) in [5.74, 6) is 1.06. The van der Waals surface area contributed by atoms with Gasteiger partial charge in [-0.15, -0.1) is 35.0 Å². The molecule has 7 nitrogen and oxygen atoms in total. The number of benzene rings is 1. The monoisotopic (exact) mass is 542 g/mol. The molecule has 12 heteroatoms. The summed E-state index contributed by atoms with van der Waals surface area (Å²) >= 11 is 0. The Morgan fingerprint density at radius 2 is 1.81 bits per heavy atom. The molecule has 1 saturated heterocycles. The molecule has 5 rings (SSSR count). The van der Waals surface area contributed by atoms with Crippen LogP contribution in [0.2, 0.25) is 0 Å². The minimum absolute atomic E-state index is 0. The Kier molecular flexibility index (Phi) is 8.34. The maximum absolute atomic E-state index is 14.1. The highest BCUT2D eigenvalue weighted by molar-refractivity contribution is 5.85. The van der Waals surface area contributed by atoms with E-state index in [4.69, 9.17) is 15.5 Å². The molecule has 4 heterocycles. The van der Waals surface area contributed by atoms with E-state index in [1.165, 1.54) is 17.2 Å². The quantitative estimate of drug-likeness (QED) is 0.372. The zero-order chi connectivity index (χ0) is 24.0. The average molecular weight is 543 g/mol. The van der Waals surface area contributed by atoms with Crippen molar-refractivity contribution in [2.24, 2.45) is 5.73 Å². The van der Waals surface area contributed by atoms with Crippen LogP contribution in [0.1, 0.15) is 31.9 Å². The van der Waals surface area contributed by atoms with Gasteiger partial charge in [-0.1, -0.05) is 12.1 Å². The number of pyridine rings is 2. The van der Waals surface area contributed by atoms with Gasteiger partial charge in [0.2, 0.25) is 0 Å². The minimum Gasteiger partial charge on any atom is -0.491 e. The summed E-state index contributed by atoms with van der Waals surface area (Å²) in [5, 5.41) is 9.27. The van der Waals surface area contributed by atoms with E-state index < -0.39 is 12.2 Å². The zero-order valence-corrected chi connectivity index (χ0v) is 21.3.